The van der Waals surface area contributed by atoms with Crippen LogP contribution >= 0.6 is 23.2 Å². The number of carboxylic acids is 1. The summed E-state index contributed by atoms with van der Waals surface area (Å²) in [6, 6.07) is 13.2. The lowest BCUT2D eigenvalue weighted by Crippen LogP contribution is -2.40. The second-order valence-electron chi connectivity index (χ2n) is 6.15. The molecule has 3 N–H and O–H groups in total. The number of rotatable bonds is 6. The highest BCUT2D eigenvalue weighted by atomic mass is 35.5. The Labute approximate surface area is 171 Å². The minimum absolute atomic E-state index is 0.0637. The third-order valence-electron chi connectivity index (χ3n) is 4.22. The normalized spacial score (nSPS) is 11.8. The number of likely N-dealkylation sites (N-methyl/N-ethyl adjacent to an activating group) is 1. The smallest absolute Gasteiger partial charge is 0.339 e. The van der Waals surface area contributed by atoms with Crippen LogP contribution in [0.4, 0.5) is 5.82 Å². The van der Waals surface area contributed by atoms with Crippen LogP contribution in [0.2, 0.25) is 10.0 Å². The van der Waals surface area contributed by atoms with Gasteiger partial charge in [0, 0.05) is 23.9 Å². The molecule has 1 unspecified atom stereocenters. The number of carboxylic acid groups (broad SMARTS) is 1. The van der Waals surface area contributed by atoms with Crippen LogP contribution in [0.3, 0.4) is 0 Å². The fourth-order valence-corrected chi connectivity index (χ4v) is 3.43. The van der Waals surface area contributed by atoms with E-state index in [1.165, 1.54) is 19.2 Å². The predicted octanol–water partition coefficient (Wildman–Crippen LogP) is 4.01. The van der Waals surface area contributed by atoms with Crippen LogP contribution in [0, 0.1) is 0 Å². The summed E-state index contributed by atoms with van der Waals surface area (Å²) < 4.78 is 0. The Hall–Kier alpha value is -2.83. The monoisotopic (exact) mass is 417 g/mol. The van der Waals surface area contributed by atoms with E-state index >= 15 is 0 Å². The number of aromatic nitrogens is 1. The molecule has 0 fully saturated rings. The highest BCUT2D eigenvalue weighted by molar-refractivity contribution is 6.38. The van der Waals surface area contributed by atoms with Crippen molar-refractivity contribution >= 4 is 51.8 Å². The number of hydrogen-bond donors (Lipinski definition) is 3. The van der Waals surface area contributed by atoms with Gasteiger partial charge in [-0.25, -0.2) is 9.78 Å². The fraction of sp³-hybridized carbons (Fsp3) is 0.150. The Morgan fingerprint density at radius 1 is 1.14 bits per heavy atom. The summed E-state index contributed by atoms with van der Waals surface area (Å²) in [7, 11) is 1.52. The number of nitrogens with zero attached hydrogens (tertiary/aromatic N) is 1. The molecule has 0 spiro atoms. The van der Waals surface area contributed by atoms with E-state index in [1.54, 1.807) is 6.07 Å². The molecule has 0 saturated carbocycles. The zero-order valence-electron chi connectivity index (χ0n) is 14.9. The average molecular weight is 418 g/mol. The number of carbonyl (C=O) groups excluding carboxylic acids is 1. The van der Waals surface area contributed by atoms with Gasteiger partial charge in [-0.3, -0.25) is 4.79 Å². The SMILES string of the molecule is CNC(=O)C(Cc1ccccc1)Nc1nc2c(Cl)cc(Cl)cc2cc1C(=O)O. The lowest BCUT2D eigenvalue weighted by molar-refractivity contribution is -0.121. The van der Waals surface area contributed by atoms with Crippen molar-refractivity contribution in [1.82, 2.24) is 10.3 Å². The summed E-state index contributed by atoms with van der Waals surface area (Å²) in [6.45, 7) is 0. The number of aromatic carboxylic acids is 1. The van der Waals surface area contributed by atoms with E-state index in [2.05, 4.69) is 15.6 Å². The van der Waals surface area contributed by atoms with Gasteiger partial charge in [0.25, 0.3) is 0 Å². The predicted molar refractivity (Wildman–Crippen MR) is 110 cm³/mol. The van der Waals surface area contributed by atoms with Crippen LogP contribution in [-0.2, 0) is 11.2 Å². The van der Waals surface area contributed by atoms with Gasteiger partial charge in [-0.2, -0.15) is 0 Å². The average Bonchev–Trinajstić information content (AvgIpc) is 2.67. The molecule has 0 aliphatic heterocycles. The van der Waals surface area contributed by atoms with Crippen LogP contribution < -0.4 is 10.6 Å². The number of carbonyl (C=O) groups is 2. The molecule has 0 saturated heterocycles. The number of anilines is 1. The lowest BCUT2D eigenvalue weighted by atomic mass is 10.0. The molecule has 6 nitrogen and oxygen atoms in total. The third-order valence-corrected chi connectivity index (χ3v) is 4.73. The van der Waals surface area contributed by atoms with Crippen LogP contribution in [-0.4, -0.2) is 35.1 Å². The topological polar surface area (TPSA) is 91.3 Å². The van der Waals surface area contributed by atoms with Crippen molar-refractivity contribution in [2.45, 2.75) is 12.5 Å². The van der Waals surface area contributed by atoms with Crippen LogP contribution in [0.25, 0.3) is 10.9 Å². The number of fused-ring (bicyclic) bond motifs is 1. The summed E-state index contributed by atoms with van der Waals surface area (Å²) in [4.78, 5) is 28.5. The van der Waals surface area contributed by atoms with E-state index in [0.29, 0.717) is 27.4 Å². The first-order chi connectivity index (χ1) is 13.4. The molecular formula is C20H17Cl2N3O3. The van der Waals surface area contributed by atoms with E-state index in [9.17, 15) is 14.7 Å². The second-order valence-corrected chi connectivity index (χ2v) is 6.99. The molecule has 3 aromatic rings. The maximum Gasteiger partial charge on any atom is 0.339 e. The summed E-state index contributed by atoms with van der Waals surface area (Å²) in [5, 5.41) is 16.3. The molecule has 3 rings (SSSR count). The minimum Gasteiger partial charge on any atom is -0.478 e. The molecule has 0 bridgehead atoms. The number of benzene rings is 2. The highest BCUT2D eigenvalue weighted by Gasteiger charge is 2.22. The van der Waals surface area contributed by atoms with E-state index in [4.69, 9.17) is 23.2 Å². The molecule has 0 radical (unpaired) electrons. The van der Waals surface area contributed by atoms with Crippen molar-refractivity contribution in [3.8, 4) is 0 Å². The molecule has 28 heavy (non-hydrogen) atoms. The summed E-state index contributed by atoms with van der Waals surface area (Å²) >= 11 is 12.2. The van der Waals surface area contributed by atoms with Gasteiger partial charge in [0.2, 0.25) is 5.91 Å². The van der Waals surface area contributed by atoms with E-state index in [0.717, 1.165) is 5.56 Å². The number of halogens is 2. The largest absolute Gasteiger partial charge is 0.478 e. The summed E-state index contributed by atoms with van der Waals surface area (Å²) in [5.74, 6) is -1.40. The van der Waals surface area contributed by atoms with E-state index in [-0.39, 0.29) is 17.3 Å². The molecule has 1 aromatic heterocycles. The first kappa shape index (κ1) is 19.9. The third kappa shape index (κ3) is 4.35. The van der Waals surface area contributed by atoms with E-state index in [1.807, 2.05) is 30.3 Å². The van der Waals surface area contributed by atoms with Crippen LogP contribution in [0.15, 0.2) is 48.5 Å². The molecule has 144 valence electrons. The number of nitrogens with one attached hydrogen (secondary N) is 2. The quantitative estimate of drug-likeness (QED) is 0.563. The molecular weight excluding hydrogens is 401 g/mol. The van der Waals surface area contributed by atoms with Gasteiger partial charge < -0.3 is 15.7 Å². The fourth-order valence-electron chi connectivity index (χ4n) is 2.88. The van der Waals surface area contributed by atoms with E-state index < -0.39 is 12.0 Å². The standard InChI is InChI=1S/C20H17Cl2N3O3/c1-23-19(26)16(7-11-5-3-2-4-6-11)24-18-14(20(27)28)9-12-8-13(21)10-15(22)17(12)25-18/h2-6,8-10,16H,7H2,1H3,(H,23,26)(H,24,25)(H,27,28). The van der Waals surface area contributed by atoms with Gasteiger partial charge >= 0.3 is 5.97 Å². The van der Waals surface area contributed by atoms with Crippen molar-refractivity contribution in [3.63, 3.8) is 0 Å². The maximum atomic E-state index is 12.4. The Morgan fingerprint density at radius 2 is 1.86 bits per heavy atom. The molecule has 0 aliphatic rings. The van der Waals surface area contributed by atoms with Gasteiger partial charge in [0.05, 0.1) is 10.5 Å². The first-order valence-electron chi connectivity index (χ1n) is 8.44. The van der Waals surface area contributed by atoms with Crippen molar-refractivity contribution < 1.29 is 14.7 Å². The van der Waals surface area contributed by atoms with Crippen molar-refractivity contribution in [1.29, 1.82) is 0 Å². The van der Waals surface area contributed by atoms with Crippen molar-refractivity contribution in [3.05, 3.63) is 69.7 Å². The Kier molecular flexibility index (Phi) is 6.02. The van der Waals surface area contributed by atoms with Gasteiger partial charge in [-0.05, 0) is 23.8 Å². The molecule has 2 aromatic carbocycles. The lowest BCUT2D eigenvalue weighted by Gasteiger charge is -2.20. The van der Waals surface area contributed by atoms with Crippen LogP contribution in [0.5, 0.6) is 0 Å². The summed E-state index contributed by atoms with van der Waals surface area (Å²) in [5.41, 5.74) is 1.24. The van der Waals surface area contributed by atoms with Gasteiger partial charge in [-0.1, -0.05) is 53.5 Å². The summed E-state index contributed by atoms with van der Waals surface area (Å²) in [6.07, 6.45) is 0.355. The number of hydrogen-bond acceptors (Lipinski definition) is 4. The Bertz CT molecular complexity index is 1040. The van der Waals surface area contributed by atoms with Gasteiger partial charge in [-0.15, -0.1) is 0 Å². The molecule has 8 heteroatoms. The van der Waals surface area contributed by atoms with Crippen molar-refractivity contribution in [2.24, 2.45) is 0 Å². The van der Waals surface area contributed by atoms with Gasteiger partial charge in [0.1, 0.15) is 17.4 Å². The maximum absolute atomic E-state index is 12.4. The minimum atomic E-state index is -1.18. The number of pyridine rings is 1. The zero-order chi connectivity index (χ0) is 20.3. The zero-order valence-corrected chi connectivity index (χ0v) is 16.4. The van der Waals surface area contributed by atoms with Crippen molar-refractivity contribution in [2.75, 3.05) is 12.4 Å². The molecule has 1 heterocycles. The van der Waals surface area contributed by atoms with Gasteiger partial charge in [0.15, 0.2) is 0 Å². The number of amides is 1. The van der Waals surface area contributed by atoms with Crippen LogP contribution in [0.1, 0.15) is 15.9 Å². The molecule has 0 aliphatic carbocycles. The molecule has 1 amide bonds. The second kappa shape index (κ2) is 8.46. The molecule has 1 atom stereocenters. The Morgan fingerprint density at radius 3 is 2.50 bits per heavy atom. The first-order valence-corrected chi connectivity index (χ1v) is 9.19. The Balaban J connectivity index is 2.05. The highest BCUT2D eigenvalue weighted by Crippen LogP contribution is 2.30.